The van der Waals surface area contributed by atoms with Gasteiger partial charge in [0.15, 0.2) is 5.82 Å². The van der Waals surface area contributed by atoms with E-state index in [0.29, 0.717) is 11.7 Å². The third-order valence-electron chi connectivity index (χ3n) is 6.21. The summed E-state index contributed by atoms with van der Waals surface area (Å²) < 4.78 is 23.0. The number of aromatic nitrogens is 5. The molecule has 1 unspecified atom stereocenters. The van der Waals surface area contributed by atoms with Crippen molar-refractivity contribution in [2.75, 3.05) is 7.11 Å². The van der Waals surface area contributed by atoms with Crippen molar-refractivity contribution in [3.05, 3.63) is 89.3 Å². The Morgan fingerprint density at radius 1 is 1.12 bits per heavy atom. The second-order valence-corrected chi connectivity index (χ2v) is 8.53. The number of hydrogen-bond acceptors (Lipinski definition) is 4. The summed E-state index contributed by atoms with van der Waals surface area (Å²) >= 11 is 0. The summed E-state index contributed by atoms with van der Waals surface area (Å²) in [5.74, 6) is 2.65. The molecule has 0 N–H and O–H groups in total. The van der Waals surface area contributed by atoms with Gasteiger partial charge < -0.3 is 9.30 Å². The minimum atomic E-state index is -0.225. The molecule has 0 saturated heterocycles. The highest BCUT2D eigenvalue weighted by molar-refractivity contribution is 5.69. The van der Waals surface area contributed by atoms with E-state index in [1.54, 1.807) is 13.4 Å². The van der Waals surface area contributed by atoms with Crippen LogP contribution in [0.1, 0.15) is 47.7 Å². The molecule has 2 atom stereocenters. The van der Waals surface area contributed by atoms with Crippen LogP contribution in [0.15, 0.2) is 55.0 Å². The van der Waals surface area contributed by atoms with Gasteiger partial charge in [0.2, 0.25) is 0 Å². The first-order chi connectivity index (χ1) is 16.0. The highest BCUT2D eigenvalue weighted by atomic mass is 19.1. The van der Waals surface area contributed by atoms with E-state index < -0.39 is 0 Å². The molecular formula is C26H26FN5O. The average Bonchev–Trinajstić information content (AvgIpc) is 3.44. The quantitative estimate of drug-likeness (QED) is 0.422. The summed E-state index contributed by atoms with van der Waals surface area (Å²) in [6, 6.07) is 12.8. The molecule has 0 saturated carbocycles. The zero-order chi connectivity index (χ0) is 22.9. The molecule has 2 aromatic heterocycles. The van der Waals surface area contributed by atoms with E-state index in [1.165, 1.54) is 12.1 Å². The number of benzene rings is 2. The van der Waals surface area contributed by atoms with Gasteiger partial charge in [0, 0.05) is 18.7 Å². The number of ether oxygens (including phenoxy) is 1. The molecule has 5 rings (SSSR count). The lowest BCUT2D eigenvalue weighted by Crippen LogP contribution is -2.24. The Balaban J connectivity index is 1.42. The molecule has 0 spiro atoms. The van der Waals surface area contributed by atoms with Crippen molar-refractivity contribution in [3.63, 3.8) is 0 Å². The predicted octanol–water partition coefficient (Wildman–Crippen LogP) is 5.26. The van der Waals surface area contributed by atoms with E-state index in [2.05, 4.69) is 11.9 Å². The lowest BCUT2D eigenvalue weighted by atomic mass is 9.82. The number of methoxy groups -OCH3 is 1. The Morgan fingerprint density at radius 2 is 1.94 bits per heavy atom. The fourth-order valence-electron chi connectivity index (χ4n) is 4.47. The predicted molar refractivity (Wildman–Crippen MR) is 126 cm³/mol. The van der Waals surface area contributed by atoms with Crippen molar-refractivity contribution in [3.8, 4) is 11.4 Å². The van der Waals surface area contributed by atoms with Gasteiger partial charge >= 0.3 is 0 Å². The second-order valence-electron chi connectivity index (χ2n) is 8.53. The van der Waals surface area contributed by atoms with Crippen LogP contribution in [-0.2, 0) is 6.54 Å². The number of fused-ring (bicyclic) bond motifs is 1. The van der Waals surface area contributed by atoms with Gasteiger partial charge in [0.25, 0.3) is 0 Å². The number of halogens is 1. The van der Waals surface area contributed by atoms with Crippen LogP contribution < -0.4 is 4.74 Å². The molecule has 0 radical (unpaired) electrons. The summed E-state index contributed by atoms with van der Waals surface area (Å²) in [7, 11) is 1.66. The van der Waals surface area contributed by atoms with Crippen molar-refractivity contribution < 1.29 is 9.13 Å². The third-order valence-corrected chi connectivity index (χ3v) is 6.21. The van der Waals surface area contributed by atoms with E-state index >= 15 is 0 Å². The summed E-state index contributed by atoms with van der Waals surface area (Å²) in [5, 5.41) is 4.71. The molecule has 0 amide bonds. The fraction of sp³-hybridized carbons (Fsp3) is 0.269. The number of imidazole rings is 1. The van der Waals surface area contributed by atoms with Crippen LogP contribution in [0.3, 0.4) is 0 Å². The van der Waals surface area contributed by atoms with E-state index in [1.807, 2.05) is 64.9 Å². The number of hydrogen-bond donors (Lipinski definition) is 0. The molecule has 0 aliphatic carbocycles. The minimum absolute atomic E-state index is 0.104. The first kappa shape index (κ1) is 21.1. The van der Waals surface area contributed by atoms with Crippen LogP contribution >= 0.6 is 0 Å². The maximum atomic E-state index is 13.4. The molecule has 168 valence electrons. The van der Waals surface area contributed by atoms with Crippen LogP contribution in [-0.4, -0.2) is 31.4 Å². The first-order valence-corrected chi connectivity index (χ1v) is 11.1. The largest absolute Gasteiger partial charge is 0.495 e. The molecule has 0 fully saturated rings. The molecular weight excluding hydrogens is 417 g/mol. The lowest BCUT2D eigenvalue weighted by molar-refractivity contribution is 0.347. The van der Waals surface area contributed by atoms with E-state index in [9.17, 15) is 4.39 Å². The maximum Gasteiger partial charge on any atom is 0.174 e. The standard InChI is InChI=1S/C26H26FN5O/c1-17-12-13-32-26(25(17)20-6-8-21(27)9-7-20)29-24(30-32)11-5-19-4-10-22(23(14-19)33-3)31-15-18(2)28-16-31/h4-11,14-17,25H,12-13H2,1-3H3/b11-5+/t17-,25?/m0/s1. The zero-order valence-corrected chi connectivity index (χ0v) is 18.9. The Kier molecular flexibility index (Phi) is 5.54. The molecule has 0 bridgehead atoms. The van der Waals surface area contributed by atoms with Gasteiger partial charge in [-0.2, -0.15) is 5.10 Å². The van der Waals surface area contributed by atoms with Crippen molar-refractivity contribution in [2.45, 2.75) is 32.7 Å². The van der Waals surface area contributed by atoms with Gasteiger partial charge in [-0.15, -0.1) is 0 Å². The van der Waals surface area contributed by atoms with Crippen molar-refractivity contribution in [1.29, 1.82) is 0 Å². The molecule has 6 nitrogen and oxygen atoms in total. The van der Waals surface area contributed by atoms with Crippen molar-refractivity contribution in [2.24, 2.45) is 5.92 Å². The monoisotopic (exact) mass is 443 g/mol. The third kappa shape index (κ3) is 4.18. The molecule has 2 aromatic carbocycles. The molecule has 3 heterocycles. The van der Waals surface area contributed by atoms with E-state index in [0.717, 1.165) is 47.0 Å². The number of aryl methyl sites for hydroxylation is 2. The zero-order valence-electron chi connectivity index (χ0n) is 18.9. The van der Waals surface area contributed by atoms with Gasteiger partial charge in [0.1, 0.15) is 17.4 Å². The van der Waals surface area contributed by atoms with Crippen LogP contribution in [0.5, 0.6) is 5.75 Å². The molecule has 1 aliphatic rings. The van der Waals surface area contributed by atoms with Gasteiger partial charge in [-0.25, -0.2) is 19.0 Å². The van der Waals surface area contributed by atoms with Crippen LogP contribution in [0.2, 0.25) is 0 Å². The SMILES string of the molecule is COc1cc(/C=C/c2nc3n(n2)CC[C@H](C)C3c2ccc(F)cc2)ccc1-n1cnc(C)c1. The minimum Gasteiger partial charge on any atom is -0.495 e. The highest BCUT2D eigenvalue weighted by Gasteiger charge is 2.31. The topological polar surface area (TPSA) is 57.8 Å². The lowest BCUT2D eigenvalue weighted by Gasteiger charge is -2.28. The number of rotatable bonds is 5. The van der Waals surface area contributed by atoms with E-state index in [4.69, 9.17) is 14.8 Å². The molecule has 4 aromatic rings. The van der Waals surface area contributed by atoms with Gasteiger partial charge in [-0.05, 0) is 60.7 Å². The fourth-order valence-corrected chi connectivity index (χ4v) is 4.47. The van der Waals surface area contributed by atoms with Crippen molar-refractivity contribution in [1.82, 2.24) is 24.3 Å². The highest BCUT2D eigenvalue weighted by Crippen LogP contribution is 2.37. The number of nitrogens with zero attached hydrogens (tertiary/aromatic N) is 5. The Labute approximate surface area is 192 Å². The van der Waals surface area contributed by atoms with Crippen LogP contribution in [0.25, 0.3) is 17.8 Å². The normalized spacial score (nSPS) is 17.9. The molecule has 33 heavy (non-hydrogen) atoms. The molecule has 7 heteroatoms. The summed E-state index contributed by atoms with van der Waals surface area (Å²) in [6.45, 7) is 5.01. The van der Waals surface area contributed by atoms with E-state index in [-0.39, 0.29) is 11.7 Å². The Hall–Kier alpha value is -3.74. The van der Waals surface area contributed by atoms with Crippen LogP contribution in [0.4, 0.5) is 4.39 Å². The average molecular weight is 444 g/mol. The van der Waals surface area contributed by atoms with Gasteiger partial charge in [-0.3, -0.25) is 0 Å². The smallest absolute Gasteiger partial charge is 0.174 e. The summed E-state index contributed by atoms with van der Waals surface area (Å²) in [6.07, 6.45) is 8.66. The summed E-state index contributed by atoms with van der Waals surface area (Å²) in [4.78, 5) is 9.13. The summed E-state index contributed by atoms with van der Waals surface area (Å²) in [5.41, 5.74) is 3.94. The van der Waals surface area contributed by atoms with Gasteiger partial charge in [-0.1, -0.05) is 31.2 Å². The second kappa shape index (κ2) is 8.65. The Morgan fingerprint density at radius 3 is 2.67 bits per heavy atom. The molecule has 1 aliphatic heterocycles. The first-order valence-electron chi connectivity index (χ1n) is 11.1. The van der Waals surface area contributed by atoms with Crippen LogP contribution in [0, 0.1) is 18.7 Å². The Bertz CT molecular complexity index is 1300. The maximum absolute atomic E-state index is 13.4. The van der Waals surface area contributed by atoms with Crippen molar-refractivity contribution >= 4 is 12.2 Å². The van der Waals surface area contributed by atoms with Gasteiger partial charge in [0.05, 0.1) is 24.8 Å².